The van der Waals surface area contributed by atoms with Crippen LogP contribution >= 0.6 is 0 Å². The van der Waals surface area contributed by atoms with Gasteiger partial charge in [-0.1, -0.05) is 13.8 Å². The molecular weight excluding hydrogens is 186 g/mol. The highest BCUT2D eigenvalue weighted by Crippen LogP contribution is 2.07. The van der Waals surface area contributed by atoms with Crippen LogP contribution in [0.2, 0.25) is 0 Å². The number of hydrogen-bond donors (Lipinski definition) is 2. The Morgan fingerprint density at radius 1 is 1.36 bits per heavy atom. The van der Waals surface area contributed by atoms with E-state index < -0.39 is 18.1 Å². The highest BCUT2D eigenvalue weighted by molar-refractivity contribution is 5.78. The molecule has 82 valence electrons. The van der Waals surface area contributed by atoms with Crippen molar-refractivity contribution in [2.45, 2.75) is 32.9 Å². The highest BCUT2D eigenvalue weighted by atomic mass is 16.5. The van der Waals surface area contributed by atoms with Gasteiger partial charge in [-0.25, -0.2) is 4.79 Å². The molecule has 0 bridgehead atoms. The molecule has 0 heterocycles. The largest absolute Gasteiger partial charge is 0.467 e. The molecule has 2 unspecified atom stereocenters. The summed E-state index contributed by atoms with van der Waals surface area (Å²) in [5.41, 5.74) is 0. The zero-order valence-corrected chi connectivity index (χ0v) is 8.90. The number of aliphatic hydroxyl groups is 1. The van der Waals surface area contributed by atoms with Gasteiger partial charge in [0, 0.05) is 6.92 Å². The van der Waals surface area contributed by atoms with Crippen LogP contribution < -0.4 is 5.32 Å². The molecule has 14 heavy (non-hydrogen) atoms. The molecule has 2 N–H and O–H groups in total. The fraction of sp³-hybridized carbons (Fsp3) is 0.778. The Labute approximate surface area is 83.4 Å². The molecule has 1 amide bonds. The zero-order valence-electron chi connectivity index (χ0n) is 8.90. The first-order valence-corrected chi connectivity index (χ1v) is 4.43. The molecular formula is C9H17NO4. The Morgan fingerprint density at radius 2 is 1.86 bits per heavy atom. The lowest BCUT2D eigenvalue weighted by Crippen LogP contribution is -2.49. The van der Waals surface area contributed by atoms with Gasteiger partial charge in [-0.05, 0) is 5.92 Å². The zero-order chi connectivity index (χ0) is 11.3. The van der Waals surface area contributed by atoms with Crippen LogP contribution in [0, 0.1) is 5.92 Å². The van der Waals surface area contributed by atoms with Gasteiger partial charge in [-0.3, -0.25) is 4.79 Å². The first kappa shape index (κ1) is 12.9. The minimum atomic E-state index is -1.32. The van der Waals surface area contributed by atoms with E-state index in [1.807, 2.05) is 0 Å². The average Bonchev–Trinajstić information content (AvgIpc) is 2.11. The van der Waals surface area contributed by atoms with E-state index in [2.05, 4.69) is 10.1 Å². The molecule has 0 fully saturated rings. The number of carbonyl (C=O) groups excluding carboxylic acids is 2. The third kappa shape index (κ3) is 3.74. The van der Waals surface area contributed by atoms with Gasteiger partial charge in [0.15, 0.2) is 6.10 Å². The van der Waals surface area contributed by atoms with Gasteiger partial charge < -0.3 is 15.2 Å². The maximum absolute atomic E-state index is 11.0. The van der Waals surface area contributed by atoms with Gasteiger partial charge in [-0.15, -0.1) is 0 Å². The van der Waals surface area contributed by atoms with Gasteiger partial charge in [0.1, 0.15) is 0 Å². The number of aliphatic hydroxyl groups excluding tert-OH is 1. The predicted octanol–water partition coefficient (Wildman–Crippen LogP) is -0.319. The van der Waals surface area contributed by atoms with Crippen molar-refractivity contribution in [1.82, 2.24) is 5.32 Å². The molecule has 0 saturated carbocycles. The Morgan fingerprint density at radius 3 is 2.14 bits per heavy atom. The molecule has 0 rings (SSSR count). The van der Waals surface area contributed by atoms with E-state index in [1.165, 1.54) is 14.0 Å². The molecule has 0 aliphatic rings. The van der Waals surface area contributed by atoms with Crippen LogP contribution in [0.15, 0.2) is 0 Å². The molecule has 0 saturated heterocycles. The van der Waals surface area contributed by atoms with Crippen molar-refractivity contribution in [3.05, 3.63) is 0 Å². The molecule has 5 heteroatoms. The van der Waals surface area contributed by atoms with E-state index in [1.54, 1.807) is 13.8 Å². The lowest BCUT2D eigenvalue weighted by Gasteiger charge is -2.25. The van der Waals surface area contributed by atoms with Crippen LogP contribution in [0.1, 0.15) is 20.8 Å². The molecule has 0 aromatic carbocycles. The number of hydrogen-bond acceptors (Lipinski definition) is 4. The van der Waals surface area contributed by atoms with Crippen molar-refractivity contribution < 1.29 is 19.4 Å². The summed E-state index contributed by atoms with van der Waals surface area (Å²) in [5, 5.41) is 12.0. The van der Waals surface area contributed by atoms with E-state index >= 15 is 0 Å². The van der Waals surface area contributed by atoms with Gasteiger partial charge in [0.25, 0.3) is 0 Å². The Balaban J connectivity index is 4.48. The molecule has 5 nitrogen and oxygen atoms in total. The lowest BCUT2D eigenvalue weighted by molar-refractivity contribution is -0.153. The minimum Gasteiger partial charge on any atom is -0.467 e. The van der Waals surface area contributed by atoms with Crippen molar-refractivity contribution in [3.8, 4) is 0 Å². The summed E-state index contributed by atoms with van der Waals surface area (Å²) in [4.78, 5) is 21.8. The summed E-state index contributed by atoms with van der Waals surface area (Å²) >= 11 is 0. The van der Waals surface area contributed by atoms with Crippen molar-refractivity contribution in [3.63, 3.8) is 0 Å². The van der Waals surface area contributed by atoms with Gasteiger partial charge in [0.2, 0.25) is 5.91 Å². The van der Waals surface area contributed by atoms with Crippen molar-refractivity contribution in [2.75, 3.05) is 7.11 Å². The van der Waals surface area contributed by atoms with Crippen LogP contribution in [0.25, 0.3) is 0 Å². The second-order valence-corrected chi connectivity index (χ2v) is 3.44. The second kappa shape index (κ2) is 5.59. The minimum absolute atomic E-state index is 0.0481. The Bertz CT molecular complexity index is 215. The third-order valence-electron chi connectivity index (χ3n) is 1.87. The van der Waals surface area contributed by atoms with E-state index in [4.69, 9.17) is 0 Å². The standard InChI is InChI=1S/C9H17NO4/c1-5(2)7(10-6(3)11)8(12)9(13)14-4/h5,7-8,12H,1-4H3,(H,10,11). The summed E-state index contributed by atoms with van der Waals surface area (Å²) in [6, 6.07) is -0.611. The molecule has 0 aromatic rings. The number of ether oxygens (including phenoxy) is 1. The third-order valence-corrected chi connectivity index (χ3v) is 1.87. The first-order valence-electron chi connectivity index (χ1n) is 4.43. The Kier molecular flexibility index (Phi) is 5.15. The van der Waals surface area contributed by atoms with Crippen LogP contribution in [-0.2, 0) is 14.3 Å². The molecule has 2 atom stereocenters. The number of amides is 1. The molecule has 0 spiro atoms. The maximum atomic E-state index is 11.0. The molecule has 0 radical (unpaired) electrons. The lowest BCUT2D eigenvalue weighted by atomic mass is 9.98. The van der Waals surface area contributed by atoms with Gasteiger partial charge in [0.05, 0.1) is 13.2 Å². The van der Waals surface area contributed by atoms with Crippen LogP contribution in [0.4, 0.5) is 0 Å². The van der Waals surface area contributed by atoms with E-state index in [-0.39, 0.29) is 11.8 Å². The number of methoxy groups -OCH3 is 1. The smallest absolute Gasteiger partial charge is 0.336 e. The number of esters is 1. The summed E-state index contributed by atoms with van der Waals surface area (Å²) in [7, 11) is 1.19. The number of rotatable bonds is 4. The molecule has 0 aromatic heterocycles. The van der Waals surface area contributed by atoms with Gasteiger partial charge >= 0.3 is 5.97 Å². The normalized spacial score (nSPS) is 14.7. The predicted molar refractivity (Wildman–Crippen MR) is 50.5 cm³/mol. The van der Waals surface area contributed by atoms with Crippen molar-refractivity contribution >= 4 is 11.9 Å². The maximum Gasteiger partial charge on any atom is 0.336 e. The second-order valence-electron chi connectivity index (χ2n) is 3.44. The Hall–Kier alpha value is -1.10. The van der Waals surface area contributed by atoms with Crippen LogP contribution in [0.5, 0.6) is 0 Å². The average molecular weight is 203 g/mol. The summed E-state index contributed by atoms with van der Waals surface area (Å²) in [6.07, 6.45) is -1.32. The SMILES string of the molecule is COC(=O)C(O)C(NC(C)=O)C(C)C. The van der Waals surface area contributed by atoms with E-state index in [9.17, 15) is 14.7 Å². The first-order chi connectivity index (χ1) is 6.40. The summed E-state index contributed by atoms with van der Waals surface area (Å²) in [5.74, 6) is -1.07. The summed E-state index contributed by atoms with van der Waals surface area (Å²) in [6.45, 7) is 4.93. The number of nitrogens with one attached hydrogen (secondary N) is 1. The fourth-order valence-electron chi connectivity index (χ4n) is 1.11. The summed E-state index contributed by atoms with van der Waals surface area (Å²) < 4.78 is 4.38. The molecule has 0 aliphatic carbocycles. The van der Waals surface area contributed by atoms with E-state index in [0.29, 0.717) is 0 Å². The van der Waals surface area contributed by atoms with Crippen LogP contribution in [-0.4, -0.2) is 36.2 Å². The van der Waals surface area contributed by atoms with Gasteiger partial charge in [-0.2, -0.15) is 0 Å². The molecule has 0 aliphatic heterocycles. The quantitative estimate of drug-likeness (QED) is 0.614. The van der Waals surface area contributed by atoms with E-state index in [0.717, 1.165) is 0 Å². The highest BCUT2D eigenvalue weighted by Gasteiger charge is 2.29. The monoisotopic (exact) mass is 203 g/mol. The topological polar surface area (TPSA) is 75.6 Å². The fourth-order valence-corrected chi connectivity index (χ4v) is 1.11. The number of carbonyl (C=O) groups is 2. The van der Waals surface area contributed by atoms with Crippen molar-refractivity contribution in [2.24, 2.45) is 5.92 Å². The van der Waals surface area contributed by atoms with Crippen LogP contribution in [0.3, 0.4) is 0 Å². The van der Waals surface area contributed by atoms with Crippen molar-refractivity contribution in [1.29, 1.82) is 0 Å².